The third-order valence-electron chi connectivity index (χ3n) is 5.24. The summed E-state index contributed by atoms with van der Waals surface area (Å²) in [5, 5.41) is 3.18. The molecule has 0 radical (unpaired) electrons. The van der Waals surface area contributed by atoms with Crippen LogP contribution in [0.3, 0.4) is 0 Å². The van der Waals surface area contributed by atoms with Gasteiger partial charge in [-0.25, -0.2) is 18.4 Å². The van der Waals surface area contributed by atoms with E-state index in [-0.39, 0.29) is 12.1 Å². The second kappa shape index (κ2) is 11.2. The number of methoxy groups -OCH3 is 2. The maximum Gasteiger partial charge on any atom is 0.339 e. The number of rotatable bonds is 6. The number of carbonyl (C=O) groups is 2. The summed E-state index contributed by atoms with van der Waals surface area (Å²) in [6.07, 6.45) is 0. The maximum absolute atomic E-state index is 13.8. The number of esters is 2. The van der Waals surface area contributed by atoms with Gasteiger partial charge in [-0.15, -0.1) is 5.54 Å². The smallest absolute Gasteiger partial charge is 0.339 e. The van der Waals surface area contributed by atoms with Crippen LogP contribution in [0.15, 0.2) is 54.6 Å². The van der Waals surface area contributed by atoms with Crippen LogP contribution in [0.1, 0.15) is 31.8 Å². The van der Waals surface area contributed by atoms with Crippen LogP contribution < -0.4 is 5.32 Å². The molecule has 0 aliphatic heterocycles. The van der Waals surface area contributed by atoms with Crippen molar-refractivity contribution in [2.45, 2.75) is 26.2 Å². The van der Waals surface area contributed by atoms with Crippen molar-refractivity contribution in [1.29, 1.82) is 0 Å². The first-order valence-electron chi connectivity index (χ1n) is 11.2. The molecule has 1 N–H and O–H groups in total. The highest BCUT2D eigenvalue weighted by Gasteiger charge is 2.17. The second-order valence-electron chi connectivity index (χ2n) is 9.10. The van der Waals surface area contributed by atoms with Gasteiger partial charge in [-0.2, -0.15) is 0 Å². The summed E-state index contributed by atoms with van der Waals surface area (Å²) in [4.78, 5) is 24.8. The fourth-order valence-electron chi connectivity index (χ4n) is 3.41. The molecule has 0 aliphatic rings. The average molecular weight is 508 g/mol. The van der Waals surface area contributed by atoms with Crippen LogP contribution in [0.2, 0.25) is 19.6 Å². The number of hydrogen-bond acceptors (Lipinski definition) is 5. The molecule has 0 atom stereocenters. The van der Waals surface area contributed by atoms with Gasteiger partial charge in [-0.05, 0) is 59.2 Å². The van der Waals surface area contributed by atoms with E-state index in [0.29, 0.717) is 27.9 Å². The summed E-state index contributed by atoms with van der Waals surface area (Å²) in [7, 11) is 0.963. The molecule has 36 heavy (non-hydrogen) atoms. The number of hydrogen-bond donors (Lipinski definition) is 1. The van der Waals surface area contributed by atoms with E-state index in [1.807, 2.05) is 6.07 Å². The van der Waals surface area contributed by atoms with Gasteiger partial charge in [0.2, 0.25) is 0 Å². The Balaban J connectivity index is 2.02. The van der Waals surface area contributed by atoms with Crippen LogP contribution in [0, 0.1) is 23.1 Å². The van der Waals surface area contributed by atoms with Crippen molar-refractivity contribution in [3.63, 3.8) is 0 Å². The number of carbonyl (C=O) groups excluding carboxylic acids is 2. The summed E-state index contributed by atoms with van der Waals surface area (Å²) in [5.41, 5.74) is 6.69. The zero-order chi connectivity index (χ0) is 26.5. The van der Waals surface area contributed by atoms with Gasteiger partial charge in [0.05, 0.1) is 25.3 Å². The summed E-state index contributed by atoms with van der Waals surface area (Å²) in [6.45, 7) is 6.58. The van der Waals surface area contributed by atoms with Gasteiger partial charge in [0.1, 0.15) is 8.07 Å². The van der Waals surface area contributed by atoms with Gasteiger partial charge < -0.3 is 14.8 Å². The number of nitrogens with one attached hydrogen (secondary N) is 1. The first kappa shape index (κ1) is 26.6. The fourth-order valence-corrected chi connectivity index (χ4v) is 3.93. The standard InChI is InChI=1S/C28H27F2NO4Si/c1-34-27(32)22-9-6-18(12-13-36(3,4)5)14-21(22)17-31-26-16-20(7-10-23(26)28(33)35-2)19-8-11-24(29)25(30)15-19/h6-11,14-16,31H,17H2,1-5H3. The van der Waals surface area contributed by atoms with Crippen molar-refractivity contribution in [2.24, 2.45) is 0 Å². The third-order valence-corrected chi connectivity index (χ3v) is 6.11. The SMILES string of the molecule is COC(=O)c1ccc(C#C[Si](C)(C)C)cc1CNc1cc(-c2ccc(F)c(F)c2)ccc1C(=O)OC. The summed E-state index contributed by atoms with van der Waals surface area (Å²) in [6, 6.07) is 13.6. The fraction of sp³-hybridized carbons (Fsp3) is 0.214. The van der Waals surface area contributed by atoms with Crippen molar-refractivity contribution in [3.05, 3.63) is 88.5 Å². The molecule has 0 unspecified atom stereocenters. The molecule has 3 aromatic rings. The lowest BCUT2D eigenvalue weighted by Gasteiger charge is -2.15. The highest BCUT2D eigenvalue weighted by Crippen LogP contribution is 2.28. The lowest BCUT2D eigenvalue weighted by atomic mass is 10.0. The second-order valence-corrected chi connectivity index (χ2v) is 13.8. The van der Waals surface area contributed by atoms with Crippen LogP contribution >= 0.6 is 0 Å². The lowest BCUT2D eigenvalue weighted by molar-refractivity contribution is 0.0591. The van der Waals surface area contributed by atoms with Crippen molar-refractivity contribution in [1.82, 2.24) is 0 Å². The highest BCUT2D eigenvalue weighted by molar-refractivity contribution is 6.83. The van der Waals surface area contributed by atoms with Crippen LogP contribution in [0.5, 0.6) is 0 Å². The van der Waals surface area contributed by atoms with E-state index in [1.54, 1.807) is 30.3 Å². The largest absolute Gasteiger partial charge is 0.465 e. The molecule has 0 aliphatic carbocycles. The zero-order valence-electron chi connectivity index (χ0n) is 20.8. The minimum absolute atomic E-state index is 0.165. The molecule has 0 saturated carbocycles. The molecule has 0 spiro atoms. The Labute approximate surface area is 210 Å². The van der Waals surface area contributed by atoms with Crippen LogP contribution in [0.25, 0.3) is 11.1 Å². The van der Waals surface area contributed by atoms with Crippen molar-refractivity contribution in [3.8, 4) is 22.6 Å². The van der Waals surface area contributed by atoms with Gasteiger partial charge in [0.15, 0.2) is 11.6 Å². The van der Waals surface area contributed by atoms with Crippen molar-refractivity contribution >= 4 is 25.7 Å². The molecule has 5 nitrogen and oxygen atoms in total. The zero-order valence-corrected chi connectivity index (χ0v) is 21.8. The minimum atomic E-state index is -1.61. The van der Waals surface area contributed by atoms with E-state index in [1.165, 1.54) is 20.3 Å². The normalized spacial score (nSPS) is 10.8. The van der Waals surface area contributed by atoms with Crippen LogP contribution in [-0.4, -0.2) is 34.2 Å². The quantitative estimate of drug-likeness (QED) is 0.250. The number of anilines is 1. The molecule has 3 aromatic carbocycles. The summed E-state index contributed by atoms with van der Waals surface area (Å²) in [5.74, 6) is 0.184. The molecule has 186 valence electrons. The van der Waals surface area contributed by atoms with E-state index >= 15 is 0 Å². The Morgan fingerprint density at radius 3 is 2.08 bits per heavy atom. The molecule has 3 rings (SSSR count). The van der Waals surface area contributed by atoms with Gasteiger partial charge in [0.25, 0.3) is 0 Å². The highest BCUT2D eigenvalue weighted by atomic mass is 28.3. The van der Waals surface area contributed by atoms with Gasteiger partial charge in [-0.3, -0.25) is 0 Å². The molecular weight excluding hydrogens is 480 g/mol. The maximum atomic E-state index is 13.8. The first-order chi connectivity index (χ1) is 17.0. The molecule has 0 bridgehead atoms. The Morgan fingerprint density at radius 2 is 1.44 bits per heavy atom. The molecule has 0 heterocycles. The van der Waals surface area contributed by atoms with Crippen LogP contribution in [0.4, 0.5) is 14.5 Å². The molecule has 0 aromatic heterocycles. The monoisotopic (exact) mass is 507 g/mol. The molecular formula is C28H27F2NO4Si. The van der Waals surface area contributed by atoms with Crippen molar-refractivity contribution < 1.29 is 27.8 Å². The van der Waals surface area contributed by atoms with E-state index in [2.05, 4.69) is 36.4 Å². The Hall–Kier alpha value is -3.96. The summed E-state index contributed by atoms with van der Waals surface area (Å²) < 4.78 is 37.0. The third kappa shape index (κ3) is 6.58. The van der Waals surface area contributed by atoms with E-state index in [4.69, 9.17) is 9.47 Å². The van der Waals surface area contributed by atoms with Crippen molar-refractivity contribution in [2.75, 3.05) is 19.5 Å². The average Bonchev–Trinajstić information content (AvgIpc) is 2.86. The van der Waals surface area contributed by atoms with Gasteiger partial charge in [-0.1, -0.05) is 37.7 Å². The minimum Gasteiger partial charge on any atom is -0.465 e. The molecule has 8 heteroatoms. The predicted molar refractivity (Wildman–Crippen MR) is 138 cm³/mol. The van der Waals surface area contributed by atoms with E-state index < -0.39 is 31.6 Å². The topological polar surface area (TPSA) is 64.6 Å². The molecule has 0 saturated heterocycles. The Bertz CT molecular complexity index is 1370. The van der Waals surface area contributed by atoms with Gasteiger partial charge >= 0.3 is 11.9 Å². The Morgan fingerprint density at radius 1 is 0.833 bits per heavy atom. The Kier molecular flexibility index (Phi) is 8.28. The number of ether oxygens (including phenoxy) is 2. The number of halogens is 2. The summed E-state index contributed by atoms with van der Waals surface area (Å²) >= 11 is 0. The predicted octanol–water partition coefficient (Wildman–Crippen LogP) is 6.05. The van der Waals surface area contributed by atoms with Gasteiger partial charge in [0, 0.05) is 17.8 Å². The molecule has 0 amide bonds. The van der Waals surface area contributed by atoms with E-state index in [9.17, 15) is 18.4 Å². The van der Waals surface area contributed by atoms with Crippen LogP contribution in [-0.2, 0) is 16.0 Å². The number of benzene rings is 3. The molecule has 0 fully saturated rings. The lowest BCUT2D eigenvalue weighted by Crippen LogP contribution is -2.16. The first-order valence-corrected chi connectivity index (χ1v) is 14.7. The van der Waals surface area contributed by atoms with E-state index in [0.717, 1.165) is 17.7 Å².